The van der Waals surface area contributed by atoms with Gasteiger partial charge in [-0.15, -0.1) is 0 Å². The first kappa shape index (κ1) is 12.6. The molecule has 2 aromatic rings. The molecule has 0 saturated carbocycles. The first-order chi connectivity index (χ1) is 8.47. The van der Waals surface area contributed by atoms with Gasteiger partial charge in [-0.2, -0.15) is 4.98 Å². The zero-order valence-electron chi connectivity index (χ0n) is 9.32. The number of aliphatic hydroxyl groups excluding tert-OH is 1. The molecule has 1 atom stereocenters. The molecule has 0 fully saturated rings. The monoisotopic (exact) mass is 258 g/mol. The number of rotatable bonds is 3. The molecule has 2 rings (SSSR count). The summed E-state index contributed by atoms with van der Waals surface area (Å²) < 4.78 is 43.5. The van der Waals surface area contributed by atoms with Crippen molar-refractivity contribution in [2.24, 2.45) is 0 Å². The van der Waals surface area contributed by atoms with E-state index in [0.29, 0.717) is 0 Å². The molecule has 0 saturated heterocycles. The number of aliphatic hydroxyl groups is 1. The summed E-state index contributed by atoms with van der Waals surface area (Å²) in [7, 11) is 0. The predicted octanol–water partition coefficient (Wildman–Crippen LogP) is 2.08. The Morgan fingerprint density at radius 2 is 1.89 bits per heavy atom. The molecule has 0 amide bonds. The number of aromatic nitrogens is 2. The van der Waals surface area contributed by atoms with Gasteiger partial charge in [-0.05, 0) is 19.1 Å². The predicted molar refractivity (Wildman–Crippen MR) is 55.0 cm³/mol. The van der Waals surface area contributed by atoms with Gasteiger partial charge in [0.2, 0.25) is 11.7 Å². The van der Waals surface area contributed by atoms with Crippen molar-refractivity contribution in [1.82, 2.24) is 10.1 Å². The van der Waals surface area contributed by atoms with Crippen molar-refractivity contribution in [3.63, 3.8) is 0 Å². The Labute approximate surface area is 100 Å². The van der Waals surface area contributed by atoms with E-state index >= 15 is 0 Å². The van der Waals surface area contributed by atoms with Crippen molar-refractivity contribution in [3.05, 3.63) is 35.5 Å². The fraction of sp³-hybridized carbons (Fsp3) is 0.273. The van der Waals surface area contributed by atoms with Crippen molar-refractivity contribution >= 4 is 0 Å². The standard InChI is InChI=1S/C11H9F3N2O2/c1-5(17)2-9-15-11(16-18-9)6-3-7(12)10(14)8(13)4-6/h3-5,17H,2H2,1H3. The first-order valence-corrected chi connectivity index (χ1v) is 5.13. The molecule has 0 spiro atoms. The topological polar surface area (TPSA) is 59.2 Å². The fourth-order valence-corrected chi connectivity index (χ4v) is 1.39. The summed E-state index contributed by atoms with van der Waals surface area (Å²) in [5, 5.41) is 12.6. The lowest BCUT2D eigenvalue weighted by Crippen LogP contribution is -2.04. The molecule has 96 valence electrons. The lowest BCUT2D eigenvalue weighted by molar-refractivity contribution is 0.181. The third kappa shape index (κ3) is 2.51. The molecule has 0 aliphatic carbocycles. The Bertz CT molecular complexity index is 546. The van der Waals surface area contributed by atoms with Crippen LogP contribution < -0.4 is 0 Å². The zero-order valence-corrected chi connectivity index (χ0v) is 9.32. The molecule has 1 aromatic heterocycles. The van der Waals surface area contributed by atoms with Gasteiger partial charge in [-0.25, -0.2) is 13.2 Å². The highest BCUT2D eigenvalue weighted by molar-refractivity contribution is 5.54. The second kappa shape index (κ2) is 4.77. The second-order valence-corrected chi connectivity index (χ2v) is 3.82. The average molecular weight is 258 g/mol. The SMILES string of the molecule is CC(O)Cc1nc(-c2cc(F)c(F)c(F)c2)no1. The summed E-state index contributed by atoms with van der Waals surface area (Å²) in [4.78, 5) is 3.84. The minimum absolute atomic E-state index is 0.0352. The van der Waals surface area contributed by atoms with E-state index in [0.717, 1.165) is 12.1 Å². The summed E-state index contributed by atoms with van der Waals surface area (Å²) in [5.74, 6) is -4.14. The molecule has 1 N–H and O–H groups in total. The maximum absolute atomic E-state index is 13.0. The van der Waals surface area contributed by atoms with Crippen LogP contribution in [0.3, 0.4) is 0 Å². The molecule has 0 aliphatic heterocycles. The minimum atomic E-state index is -1.55. The minimum Gasteiger partial charge on any atom is -0.393 e. The molecule has 4 nitrogen and oxygen atoms in total. The highest BCUT2D eigenvalue weighted by Gasteiger charge is 2.16. The van der Waals surface area contributed by atoms with E-state index in [-0.39, 0.29) is 23.7 Å². The van der Waals surface area contributed by atoms with E-state index in [4.69, 9.17) is 9.63 Å². The van der Waals surface area contributed by atoms with E-state index in [1.165, 1.54) is 6.92 Å². The van der Waals surface area contributed by atoms with Crippen molar-refractivity contribution in [3.8, 4) is 11.4 Å². The zero-order chi connectivity index (χ0) is 13.3. The van der Waals surface area contributed by atoms with Gasteiger partial charge in [-0.1, -0.05) is 5.16 Å². The number of benzene rings is 1. The Morgan fingerprint density at radius 1 is 1.28 bits per heavy atom. The van der Waals surface area contributed by atoms with Crippen LogP contribution in [-0.4, -0.2) is 21.4 Å². The van der Waals surface area contributed by atoms with Gasteiger partial charge in [-0.3, -0.25) is 0 Å². The summed E-state index contributed by atoms with van der Waals surface area (Å²) >= 11 is 0. The van der Waals surface area contributed by atoms with E-state index in [1.807, 2.05) is 0 Å². The van der Waals surface area contributed by atoms with Crippen LogP contribution in [-0.2, 0) is 6.42 Å². The first-order valence-electron chi connectivity index (χ1n) is 5.13. The van der Waals surface area contributed by atoms with E-state index < -0.39 is 23.6 Å². The molecule has 7 heteroatoms. The van der Waals surface area contributed by atoms with Crippen molar-refractivity contribution in [2.75, 3.05) is 0 Å². The van der Waals surface area contributed by atoms with E-state index in [2.05, 4.69) is 10.1 Å². The highest BCUT2D eigenvalue weighted by atomic mass is 19.2. The smallest absolute Gasteiger partial charge is 0.229 e. The van der Waals surface area contributed by atoms with Gasteiger partial charge in [0.15, 0.2) is 17.5 Å². The Hall–Kier alpha value is -1.89. The molecule has 1 unspecified atom stereocenters. The van der Waals surface area contributed by atoms with Gasteiger partial charge in [0, 0.05) is 5.56 Å². The van der Waals surface area contributed by atoms with Gasteiger partial charge < -0.3 is 9.63 Å². The fourth-order valence-electron chi connectivity index (χ4n) is 1.39. The molecule has 0 bridgehead atoms. The van der Waals surface area contributed by atoms with Gasteiger partial charge in [0.05, 0.1) is 12.5 Å². The van der Waals surface area contributed by atoms with Crippen LogP contribution in [0.1, 0.15) is 12.8 Å². The average Bonchev–Trinajstić information content (AvgIpc) is 2.72. The van der Waals surface area contributed by atoms with Crippen LogP contribution in [0.15, 0.2) is 16.7 Å². The van der Waals surface area contributed by atoms with Gasteiger partial charge in [0.25, 0.3) is 0 Å². The molecular weight excluding hydrogens is 249 g/mol. The van der Waals surface area contributed by atoms with Crippen LogP contribution in [0.25, 0.3) is 11.4 Å². The lowest BCUT2D eigenvalue weighted by Gasteiger charge is -1.98. The molecule has 0 radical (unpaired) electrons. The largest absolute Gasteiger partial charge is 0.393 e. The van der Waals surface area contributed by atoms with E-state index in [9.17, 15) is 13.2 Å². The van der Waals surface area contributed by atoms with Gasteiger partial charge in [0.1, 0.15) is 0 Å². The Kier molecular flexibility index (Phi) is 3.33. The van der Waals surface area contributed by atoms with Crippen LogP contribution in [0.2, 0.25) is 0 Å². The lowest BCUT2D eigenvalue weighted by atomic mass is 10.2. The number of hydrogen-bond acceptors (Lipinski definition) is 4. The van der Waals surface area contributed by atoms with Crippen LogP contribution in [0.4, 0.5) is 13.2 Å². The molecule has 1 aromatic carbocycles. The molecular formula is C11H9F3N2O2. The quantitative estimate of drug-likeness (QED) is 0.856. The molecule has 1 heterocycles. The summed E-state index contributed by atoms with van der Waals surface area (Å²) in [6, 6.07) is 1.55. The third-order valence-corrected chi connectivity index (χ3v) is 2.18. The summed E-state index contributed by atoms with van der Waals surface area (Å²) in [6.07, 6.45) is -0.556. The molecule has 0 aliphatic rings. The van der Waals surface area contributed by atoms with Crippen molar-refractivity contribution < 1.29 is 22.8 Å². The number of hydrogen-bond donors (Lipinski definition) is 1. The van der Waals surface area contributed by atoms with Crippen LogP contribution in [0, 0.1) is 17.5 Å². The van der Waals surface area contributed by atoms with Gasteiger partial charge >= 0.3 is 0 Å². The summed E-state index contributed by atoms with van der Waals surface area (Å²) in [6.45, 7) is 1.53. The highest BCUT2D eigenvalue weighted by Crippen LogP contribution is 2.21. The Morgan fingerprint density at radius 3 is 2.44 bits per heavy atom. The number of halogens is 3. The molecule has 18 heavy (non-hydrogen) atoms. The third-order valence-electron chi connectivity index (χ3n) is 2.18. The second-order valence-electron chi connectivity index (χ2n) is 3.82. The number of nitrogens with zero attached hydrogens (tertiary/aromatic N) is 2. The van der Waals surface area contributed by atoms with E-state index in [1.54, 1.807) is 0 Å². The summed E-state index contributed by atoms with van der Waals surface area (Å²) in [5.41, 5.74) is -0.0352. The normalized spacial score (nSPS) is 12.7. The van der Waals surface area contributed by atoms with Crippen LogP contribution in [0.5, 0.6) is 0 Å². The van der Waals surface area contributed by atoms with Crippen LogP contribution >= 0.6 is 0 Å². The maximum atomic E-state index is 13.0. The maximum Gasteiger partial charge on any atom is 0.229 e. The van der Waals surface area contributed by atoms with Crippen molar-refractivity contribution in [1.29, 1.82) is 0 Å². The van der Waals surface area contributed by atoms with Crippen molar-refractivity contribution in [2.45, 2.75) is 19.4 Å². The Balaban J connectivity index is 2.34.